The van der Waals surface area contributed by atoms with Crippen molar-refractivity contribution in [1.29, 1.82) is 0 Å². The van der Waals surface area contributed by atoms with E-state index in [1.165, 1.54) is 10.8 Å². The van der Waals surface area contributed by atoms with Crippen molar-refractivity contribution in [3.05, 3.63) is 42.1 Å². The number of rotatable bonds is 2. The van der Waals surface area contributed by atoms with Crippen LogP contribution < -0.4 is 0 Å². The van der Waals surface area contributed by atoms with E-state index in [4.69, 9.17) is 0 Å². The summed E-state index contributed by atoms with van der Waals surface area (Å²) in [5.74, 6) is 0.555. The number of hydrogen-bond acceptors (Lipinski definition) is 4. The van der Waals surface area contributed by atoms with Crippen molar-refractivity contribution >= 4 is 33.6 Å². The van der Waals surface area contributed by atoms with E-state index in [0.717, 1.165) is 22.7 Å². The van der Waals surface area contributed by atoms with E-state index in [9.17, 15) is 13.2 Å². The van der Waals surface area contributed by atoms with Crippen LogP contribution in [-0.2, 0) is 13.2 Å². The summed E-state index contributed by atoms with van der Waals surface area (Å²) in [5.41, 5.74) is 0.617. The molecule has 3 aromatic rings. The average molecular weight is 341 g/mol. The van der Waals surface area contributed by atoms with Gasteiger partial charge in [-0.2, -0.15) is 13.2 Å². The number of halogens is 3. The van der Waals surface area contributed by atoms with Crippen molar-refractivity contribution in [1.82, 2.24) is 14.5 Å². The van der Waals surface area contributed by atoms with E-state index in [2.05, 4.69) is 21.6 Å². The fourth-order valence-corrected chi connectivity index (χ4v) is 3.08. The van der Waals surface area contributed by atoms with Crippen molar-refractivity contribution in [3.63, 3.8) is 0 Å². The molecule has 3 nitrogen and oxygen atoms in total. The maximum Gasteiger partial charge on any atom is 0.417 e. The maximum atomic E-state index is 12.8. The molecular weight excluding hydrogens is 331 g/mol. The minimum atomic E-state index is -4.43. The minimum absolute atomic E-state index is 0.214. The number of thiol groups is 1. The second-order valence-corrected chi connectivity index (χ2v) is 5.82. The van der Waals surface area contributed by atoms with Crippen LogP contribution >= 0.6 is 22.5 Å². The van der Waals surface area contributed by atoms with Gasteiger partial charge in [0.05, 0.1) is 5.56 Å². The van der Waals surface area contributed by atoms with Gasteiger partial charge < -0.3 is 4.57 Å². The summed E-state index contributed by atoms with van der Waals surface area (Å²) in [5, 5.41) is 0. The summed E-state index contributed by atoms with van der Waals surface area (Å²) in [6.07, 6.45) is -3.61. The monoisotopic (exact) mass is 341 g/mol. The van der Waals surface area contributed by atoms with Crippen molar-refractivity contribution in [2.24, 2.45) is 7.05 Å². The molecule has 0 radical (unpaired) electrons. The van der Waals surface area contributed by atoms with Gasteiger partial charge in [-0.05, 0) is 12.1 Å². The van der Waals surface area contributed by atoms with Crippen LogP contribution in [0.15, 0.2) is 41.4 Å². The van der Waals surface area contributed by atoms with Gasteiger partial charge in [-0.15, -0.1) is 11.7 Å². The molecule has 0 saturated heterocycles. The number of aryl methyl sites for hydroxylation is 1. The summed E-state index contributed by atoms with van der Waals surface area (Å²) in [7, 11) is 2.98. The molecule has 1 aromatic carbocycles. The highest BCUT2D eigenvalue weighted by Gasteiger charge is 2.31. The van der Waals surface area contributed by atoms with Gasteiger partial charge in [0.15, 0.2) is 5.65 Å². The second-order valence-electron chi connectivity index (χ2n) is 4.65. The quantitative estimate of drug-likeness (QED) is 0.546. The molecule has 3 rings (SSSR count). The Morgan fingerprint density at radius 1 is 1.23 bits per heavy atom. The molecule has 22 heavy (non-hydrogen) atoms. The molecular formula is C14H10F3N3S2. The van der Waals surface area contributed by atoms with Gasteiger partial charge >= 0.3 is 6.18 Å². The van der Waals surface area contributed by atoms with Crippen molar-refractivity contribution in [3.8, 4) is 11.4 Å². The van der Waals surface area contributed by atoms with Gasteiger partial charge in [0.1, 0.15) is 11.3 Å². The molecule has 2 heterocycles. The van der Waals surface area contributed by atoms with Gasteiger partial charge in [0.25, 0.3) is 0 Å². The van der Waals surface area contributed by atoms with Crippen molar-refractivity contribution in [2.45, 2.75) is 11.1 Å². The molecule has 0 unspecified atom stereocenters. The molecule has 0 N–H and O–H groups in total. The standard InChI is InChI=1S/C14H10F3N3S2/c1-20-12(9-4-2-3-5-11(9)22-21)19-10-6-8(14(15,16)17)7-18-13(10)20/h2-7,21H,1H3. The zero-order chi connectivity index (χ0) is 15.9. The molecule has 2 aromatic heterocycles. The fourth-order valence-electron chi connectivity index (χ4n) is 2.20. The molecule has 0 aliphatic heterocycles. The first-order valence-corrected chi connectivity index (χ1v) is 8.09. The van der Waals surface area contributed by atoms with Crippen LogP contribution in [0.4, 0.5) is 13.2 Å². The number of hydrogen-bond donors (Lipinski definition) is 1. The Morgan fingerprint density at radius 2 is 1.95 bits per heavy atom. The number of nitrogens with zero attached hydrogens (tertiary/aromatic N) is 3. The Balaban J connectivity index is 2.22. The van der Waals surface area contributed by atoms with Crippen molar-refractivity contribution < 1.29 is 13.2 Å². The molecule has 0 fully saturated rings. The van der Waals surface area contributed by atoms with E-state index in [0.29, 0.717) is 11.5 Å². The lowest BCUT2D eigenvalue weighted by atomic mass is 10.2. The molecule has 0 aliphatic carbocycles. The SMILES string of the molecule is Cn1c(-c2ccccc2SS)nc2cc(C(F)(F)F)cnc21. The lowest BCUT2D eigenvalue weighted by molar-refractivity contribution is -0.137. The van der Waals surface area contributed by atoms with E-state index in [-0.39, 0.29) is 5.52 Å². The Hall–Kier alpha value is -1.67. The van der Waals surface area contributed by atoms with Gasteiger partial charge in [-0.25, -0.2) is 9.97 Å². The van der Waals surface area contributed by atoms with E-state index in [1.807, 2.05) is 24.3 Å². The van der Waals surface area contributed by atoms with Gasteiger partial charge in [-0.3, -0.25) is 0 Å². The first-order valence-electron chi connectivity index (χ1n) is 6.22. The summed E-state index contributed by atoms with van der Waals surface area (Å²) < 4.78 is 40.0. The summed E-state index contributed by atoms with van der Waals surface area (Å²) >= 11 is 4.20. The molecule has 114 valence electrons. The normalized spacial score (nSPS) is 12.0. The highest BCUT2D eigenvalue weighted by Crippen LogP contribution is 2.35. The third kappa shape index (κ3) is 2.56. The van der Waals surface area contributed by atoms with Crippen LogP contribution in [-0.4, -0.2) is 14.5 Å². The van der Waals surface area contributed by atoms with E-state index < -0.39 is 11.7 Å². The number of pyridine rings is 1. The van der Waals surface area contributed by atoms with Gasteiger partial charge in [0, 0.05) is 23.7 Å². The second kappa shape index (κ2) is 5.51. The molecule has 0 bridgehead atoms. The lowest BCUT2D eigenvalue weighted by Crippen LogP contribution is -2.05. The first kappa shape index (κ1) is 15.2. The Kier molecular flexibility index (Phi) is 3.82. The van der Waals surface area contributed by atoms with Crippen LogP contribution in [0.25, 0.3) is 22.6 Å². The maximum absolute atomic E-state index is 12.8. The summed E-state index contributed by atoms with van der Waals surface area (Å²) in [6, 6.07) is 8.45. The number of fused-ring (bicyclic) bond motifs is 1. The van der Waals surface area contributed by atoms with Crippen LogP contribution in [0.5, 0.6) is 0 Å². The molecule has 0 amide bonds. The van der Waals surface area contributed by atoms with Crippen LogP contribution in [0.3, 0.4) is 0 Å². The Bertz CT molecular complexity index is 843. The van der Waals surface area contributed by atoms with Crippen molar-refractivity contribution in [2.75, 3.05) is 0 Å². The van der Waals surface area contributed by atoms with E-state index >= 15 is 0 Å². The topological polar surface area (TPSA) is 30.7 Å². The largest absolute Gasteiger partial charge is 0.417 e. The Morgan fingerprint density at radius 3 is 2.64 bits per heavy atom. The number of benzene rings is 1. The predicted molar refractivity (Wildman–Crippen MR) is 83.8 cm³/mol. The number of alkyl halides is 3. The van der Waals surface area contributed by atoms with Crippen LogP contribution in [0.2, 0.25) is 0 Å². The number of imidazole rings is 1. The van der Waals surface area contributed by atoms with E-state index in [1.54, 1.807) is 11.6 Å². The van der Waals surface area contributed by atoms with Gasteiger partial charge in [-0.1, -0.05) is 29.0 Å². The Labute approximate surface area is 133 Å². The highest BCUT2D eigenvalue weighted by molar-refractivity contribution is 8.68. The van der Waals surface area contributed by atoms with Crippen LogP contribution in [0, 0.1) is 0 Å². The first-order chi connectivity index (χ1) is 10.4. The third-order valence-electron chi connectivity index (χ3n) is 3.26. The van der Waals surface area contributed by atoms with Crippen LogP contribution in [0.1, 0.15) is 5.56 Å². The molecule has 0 saturated carbocycles. The zero-order valence-electron chi connectivity index (χ0n) is 11.3. The minimum Gasteiger partial charge on any atom is -0.312 e. The smallest absolute Gasteiger partial charge is 0.312 e. The molecule has 0 atom stereocenters. The fraction of sp³-hybridized carbons (Fsp3) is 0.143. The lowest BCUT2D eigenvalue weighted by Gasteiger charge is -2.06. The molecule has 8 heteroatoms. The summed E-state index contributed by atoms with van der Waals surface area (Å²) in [4.78, 5) is 9.10. The number of aromatic nitrogens is 3. The molecule has 0 aliphatic rings. The third-order valence-corrected chi connectivity index (χ3v) is 4.41. The summed E-state index contributed by atoms with van der Waals surface area (Å²) in [6.45, 7) is 0. The highest BCUT2D eigenvalue weighted by atomic mass is 33.1. The zero-order valence-corrected chi connectivity index (χ0v) is 13.0. The van der Waals surface area contributed by atoms with Gasteiger partial charge in [0.2, 0.25) is 0 Å². The predicted octanol–water partition coefficient (Wildman–Crippen LogP) is 4.59. The average Bonchev–Trinajstić information content (AvgIpc) is 2.83. The molecule has 0 spiro atoms.